The molecule has 0 radical (unpaired) electrons. The molecule has 0 aromatic carbocycles. The number of ether oxygens (including phenoxy) is 1. The highest BCUT2D eigenvalue weighted by Gasteiger charge is 2.41. The lowest BCUT2D eigenvalue weighted by Crippen LogP contribution is -2.45. The van der Waals surface area contributed by atoms with Crippen molar-refractivity contribution in [1.82, 2.24) is 5.32 Å². The summed E-state index contributed by atoms with van der Waals surface area (Å²) < 4.78 is 6.98. The van der Waals surface area contributed by atoms with Crippen LogP contribution >= 0.6 is 11.8 Å². The van der Waals surface area contributed by atoms with Crippen LogP contribution in [0.1, 0.15) is 64.2 Å². The summed E-state index contributed by atoms with van der Waals surface area (Å²) in [6.45, 7) is 2.26. The quantitative estimate of drug-likeness (QED) is 0.830. The molecule has 1 saturated heterocycles. The molecule has 0 amide bonds. The van der Waals surface area contributed by atoms with Gasteiger partial charge >= 0.3 is 0 Å². The Labute approximate surface area is 122 Å². The maximum absolute atomic E-state index is 6.42. The molecule has 1 spiro atoms. The highest BCUT2D eigenvalue weighted by atomic mass is 32.2. The Morgan fingerprint density at radius 1 is 1.05 bits per heavy atom. The number of rotatable bonds is 5. The van der Waals surface area contributed by atoms with Crippen molar-refractivity contribution in [2.45, 2.75) is 80.7 Å². The molecule has 1 unspecified atom stereocenters. The highest BCUT2D eigenvalue weighted by Crippen LogP contribution is 2.43. The molecule has 3 heteroatoms. The summed E-state index contributed by atoms with van der Waals surface area (Å²) >= 11 is 2.06. The molecule has 1 atom stereocenters. The lowest BCUT2D eigenvalue weighted by Gasteiger charge is -2.41. The van der Waals surface area contributed by atoms with Crippen molar-refractivity contribution in [3.63, 3.8) is 0 Å². The number of thioether (sulfide) groups is 1. The summed E-state index contributed by atoms with van der Waals surface area (Å²) in [5.74, 6) is 0. The SMILES string of the molecule is CSC1(CNCC2CCC3(CCCCC3)O2)CCC1. The van der Waals surface area contributed by atoms with E-state index < -0.39 is 0 Å². The molecule has 2 nitrogen and oxygen atoms in total. The van der Waals surface area contributed by atoms with E-state index in [2.05, 4.69) is 23.3 Å². The molecule has 2 saturated carbocycles. The second-order valence-electron chi connectivity index (χ2n) is 6.89. The molecule has 3 rings (SSSR count). The topological polar surface area (TPSA) is 21.3 Å². The second kappa shape index (κ2) is 5.95. The summed E-state index contributed by atoms with van der Waals surface area (Å²) in [4.78, 5) is 0. The van der Waals surface area contributed by atoms with Crippen LogP contribution in [0.3, 0.4) is 0 Å². The first-order valence-electron chi connectivity index (χ1n) is 8.20. The van der Waals surface area contributed by atoms with Crippen LogP contribution in [-0.2, 0) is 4.74 Å². The molecule has 1 N–H and O–H groups in total. The van der Waals surface area contributed by atoms with Crippen molar-refractivity contribution < 1.29 is 4.74 Å². The van der Waals surface area contributed by atoms with Crippen LogP contribution in [0, 0.1) is 0 Å². The van der Waals surface area contributed by atoms with Gasteiger partial charge in [-0.1, -0.05) is 25.7 Å². The molecule has 0 aromatic rings. The summed E-state index contributed by atoms with van der Waals surface area (Å²) in [6, 6.07) is 0. The van der Waals surface area contributed by atoms with E-state index in [1.807, 2.05) is 0 Å². The van der Waals surface area contributed by atoms with E-state index in [1.54, 1.807) is 0 Å². The molecular formula is C16H29NOS. The fourth-order valence-electron chi connectivity index (χ4n) is 4.09. The minimum Gasteiger partial charge on any atom is -0.370 e. The smallest absolute Gasteiger partial charge is 0.0708 e. The normalized spacial score (nSPS) is 32.4. The molecular weight excluding hydrogens is 254 g/mol. The van der Waals surface area contributed by atoms with Crippen LogP contribution in [0.4, 0.5) is 0 Å². The zero-order valence-electron chi connectivity index (χ0n) is 12.4. The van der Waals surface area contributed by atoms with Gasteiger partial charge in [0.1, 0.15) is 0 Å². The van der Waals surface area contributed by atoms with Gasteiger partial charge in [-0.2, -0.15) is 11.8 Å². The maximum atomic E-state index is 6.42. The number of hydrogen-bond donors (Lipinski definition) is 1. The molecule has 0 aromatic heterocycles. The summed E-state index contributed by atoms with van der Waals surface area (Å²) in [7, 11) is 0. The Bertz CT molecular complexity index is 292. The van der Waals surface area contributed by atoms with Crippen LogP contribution in [0.2, 0.25) is 0 Å². The predicted octanol–water partition coefficient (Wildman–Crippen LogP) is 3.74. The third kappa shape index (κ3) is 3.14. The Kier molecular flexibility index (Phi) is 4.45. The predicted molar refractivity (Wildman–Crippen MR) is 82.9 cm³/mol. The van der Waals surface area contributed by atoms with Crippen molar-refractivity contribution in [1.29, 1.82) is 0 Å². The van der Waals surface area contributed by atoms with E-state index in [9.17, 15) is 0 Å². The van der Waals surface area contributed by atoms with Crippen molar-refractivity contribution in [2.24, 2.45) is 0 Å². The third-order valence-electron chi connectivity index (χ3n) is 5.62. The van der Waals surface area contributed by atoms with Gasteiger partial charge in [-0.05, 0) is 44.8 Å². The zero-order chi connectivity index (χ0) is 13.2. The molecule has 110 valence electrons. The third-order valence-corrected chi connectivity index (χ3v) is 7.04. The van der Waals surface area contributed by atoms with E-state index in [4.69, 9.17) is 4.74 Å². The van der Waals surface area contributed by atoms with Crippen molar-refractivity contribution in [3.8, 4) is 0 Å². The lowest BCUT2D eigenvalue weighted by atomic mass is 9.83. The van der Waals surface area contributed by atoms with Gasteiger partial charge in [0.15, 0.2) is 0 Å². The van der Waals surface area contributed by atoms with E-state index in [0.717, 1.165) is 6.54 Å². The van der Waals surface area contributed by atoms with Crippen LogP contribution in [0.5, 0.6) is 0 Å². The molecule has 3 fully saturated rings. The first kappa shape index (κ1) is 14.2. The fraction of sp³-hybridized carbons (Fsp3) is 1.00. The molecule has 1 aliphatic heterocycles. The highest BCUT2D eigenvalue weighted by molar-refractivity contribution is 8.00. The van der Waals surface area contributed by atoms with Gasteiger partial charge in [-0.3, -0.25) is 0 Å². The molecule has 2 aliphatic carbocycles. The molecule has 1 heterocycles. The Hall–Kier alpha value is 0.270. The van der Waals surface area contributed by atoms with Gasteiger partial charge in [0, 0.05) is 17.8 Å². The minimum atomic E-state index is 0.290. The summed E-state index contributed by atoms with van der Waals surface area (Å²) in [5, 5.41) is 3.70. The van der Waals surface area contributed by atoms with Crippen molar-refractivity contribution in [2.75, 3.05) is 19.3 Å². The monoisotopic (exact) mass is 283 g/mol. The van der Waals surface area contributed by atoms with Crippen molar-refractivity contribution >= 4 is 11.8 Å². The first-order chi connectivity index (χ1) is 9.26. The zero-order valence-corrected chi connectivity index (χ0v) is 13.2. The van der Waals surface area contributed by atoms with E-state index >= 15 is 0 Å². The van der Waals surface area contributed by atoms with E-state index in [-0.39, 0.29) is 5.60 Å². The van der Waals surface area contributed by atoms with Crippen molar-refractivity contribution in [3.05, 3.63) is 0 Å². The number of hydrogen-bond acceptors (Lipinski definition) is 3. The standard InChI is InChI=1S/C16H29NOS/c1-19-16(9-5-10-16)13-17-12-14-6-11-15(18-14)7-3-2-4-8-15/h14,17H,2-13H2,1H3. The Balaban J connectivity index is 1.40. The summed E-state index contributed by atoms with van der Waals surface area (Å²) in [5.41, 5.74) is 0.290. The van der Waals surface area contributed by atoms with Crippen LogP contribution in [0.15, 0.2) is 0 Å². The average molecular weight is 283 g/mol. The van der Waals surface area contributed by atoms with Gasteiger partial charge < -0.3 is 10.1 Å². The van der Waals surface area contributed by atoms with E-state index in [0.29, 0.717) is 10.9 Å². The first-order valence-corrected chi connectivity index (χ1v) is 9.42. The largest absolute Gasteiger partial charge is 0.370 e. The van der Waals surface area contributed by atoms with Gasteiger partial charge in [0.2, 0.25) is 0 Å². The molecule has 19 heavy (non-hydrogen) atoms. The molecule has 0 bridgehead atoms. The average Bonchev–Trinajstić information content (AvgIpc) is 2.77. The van der Waals surface area contributed by atoms with Gasteiger partial charge in [0.05, 0.1) is 11.7 Å². The van der Waals surface area contributed by atoms with Crippen LogP contribution in [-0.4, -0.2) is 35.8 Å². The van der Waals surface area contributed by atoms with Gasteiger partial charge in [-0.25, -0.2) is 0 Å². The van der Waals surface area contributed by atoms with Gasteiger partial charge in [0.25, 0.3) is 0 Å². The summed E-state index contributed by atoms with van der Waals surface area (Å²) in [6.07, 6.45) is 16.4. The maximum Gasteiger partial charge on any atom is 0.0708 e. The molecule has 3 aliphatic rings. The Morgan fingerprint density at radius 2 is 1.84 bits per heavy atom. The van der Waals surface area contributed by atoms with Crippen LogP contribution in [0.25, 0.3) is 0 Å². The number of nitrogens with one attached hydrogen (secondary N) is 1. The van der Waals surface area contributed by atoms with Gasteiger partial charge in [-0.15, -0.1) is 0 Å². The van der Waals surface area contributed by atoms with Crippen LogP contribution < -0.4 is 5.32 Å². The van der Waals surface area contributed by atoms with E-state index in [1.165, 1.54) is 70.8 Å². The fourth-order valence-corrected chi connectivity index (χ4v) is 5.03. The Morgan fingerprint density at radius 3 is 2.47 bits per heavy atom. The minimum absolute atomic E-state index is 0.290. The lowest BCUT2D eigenvalue weighted by molar-refractivity contribution is -0.0625. The second-order valence-corrected chi connectivity index (χ2v) is 8.17.